The van der Waals surface area contributed by atoms with Gasteiger partial charge in [-0.25, -0.2) is 4.79 Å². The largest absolute Gasteiger partial charge is 0.477 e. The number of allylic oxidation sites excluding steroid dienone is 2. The molecular weight excluding hydrogens is 298 g/mol. The Labute approximate surface area is 136 Å². The van der Waals surface area contributed by atoms with Crippen LogP contribution in [0, 0.1) is 0 Å². The number of carbonyl (C=O) groups excluding carboxylic acids is 3. The standard InChI is InChI=1S/C16H23N3O4/c1-6-9-19-14(21)11(13(20)17(4)15(19)22)7-8-12-18(5)16(2,3)10-23-12/h7-8H,6,9-10H2,1-5H3/b11-7+,12-8+. The first-order valence-corrected chi connectivity index (χ1v) is 7.63. The molecule has 0 atom stereocenters. The normalized spacial score (nSPS) is 24.9. The third-order valence-electron chi connectivity index (χ3n) is 4.18. The van der Waals surface area contributed by atoms with Crippen LogP contribution in [-0.2, 0) is 14.3 Å². The molecule has 0 aliphatic carbocycles. The number of carbonyl (C=O) groups is 3. The third kappa shape index (κ3) is 2.95. The summed E-state index contributed by atoms with van der Waals surface area (Å²) in [6.45, 7) is 6.75. The molecule has 0 unspecified atom stereocenters. The number of rotatable bonds is 3. The lowest BCUT2D eigenvalue weighted by Crippen LogP contribution is -2.54. The van der Waals surface area contributed by atoms with E-state index in [0.29, 0.717) is 18.9 Å². The Balaban J connectivity index is 2.31. The summed E-state index contributed by atoms with van der Waals surface area (Å²) in [4.78, 5) is 40.6. The Bertz CT molecular complexity index is 606. The molecule has 0 bridgehead atoms. The Morgan fingerprint density at radius 3 is 2.30 bits per heavy atom. The van der Waals surface area contributed by atoms with E-state index in [4.69, 9.17) is 4.74 Å². The summed E-state index contributed by atoms with van der Waals surface area (Å²) in [6, 6.07) is -0.581. The monoisotopic (exact) mass is 321 g/mol. The van der Waals surface area contributed by atoms with E-state index in [9.17, 15) is 14.4 Å². The van der Waals surface area contributed by atoms with Gasteiger partial charge in [-0.15, -0.1) is 0 Å². The lowest BCUT2D eigenvalue weighted by Gasteiger charge is -2.31. The zero-order chi connectivity index (χ0) is 17.4. The molecule has 4 amide bonds. The van der Waals surface area contributed by atoms with Crippen LogP contribution in [0.3, 0.4) is 0 Å². The van der Waals surface area contributed by atoms with Gasteiger partial charge in [-0.05, 0) is 32.4 Å². The van der Waals surface area contributed by atoms with Crippen molar-refractivity contribution in [2.45, 2.75) is 32.7 Å². The second-order valence-corrected chi connectivity index (χ2v) is 6.35. The molecule has 7 nitrogen and oxygen atoms in total. The maximum Gasteiger partial charge on any atom is 0.333 e. The van der Waals surface area contributed by atoms with Gasteiger partial charge in [-0.2, -0.15) is 0 Å². The highest BCUT2D eigenvalue weighted by Crippen LogP contribution is 2.27. The van der Waals surface area contributed by atoms with Gasteiger partial charge in [-0.3, -0.25) is 19.4 Å². The van der Waals surface area contributed by atoms with E-state index < -0.39 is 17.8 Å². The molecule has 2 saturated heterocycles. The highest BCUT2D eigenvalue weighted by molar-refractivity contribution is 6.28. The molecular formula is C16H23N3O4. The fourth-order valence-electron chi connectivity index (χ4n) is 2.39. The molecule has 0 radical (unpaired) electrons. The lowest BCUT2D eigenvalue weighted by atomic mass is 10.1. The van der Waals surface area contributed by atoms with E-state index in [-0.39, 0.29) is 17.7 Å². The molecule has 7 heteroatoms. The first-order chi connectivity index (χ1) is 10.7. The number of ether oxygens (including phenoxy) is 1. The van der Waals surface area contributed by atoms with Gasteiger partial charge in [0.25, 0.3) is 11.8 Å². The van der Waals surface area contributed by atoms with Crippen LogP contribution < -0.4 is 0 Å². The van der Waals surface area contributed by atoms with Gasteiger partial charge in [-0.1, -0.05) is 6.92 Å². The van der Waals surface area contributed by atoms with Gasteiger partial charge in [0.1, 0.15) is 12.2 Å². The zero-order valence-electron chi connectivity index (χ0n) is 14.3. The molecule has 0 aromatic heterocycles. The molecule has 126 valence electrons. The molecule has 0 aromatic rings. The molecule has 0 saturated carbocycles. The summed E-state index contributed by atoms with van der Waals surface area (Å²) >= 11 is 0. The maximum atomic E-state index is 12.4. The first-order valence-electron chi connectivity index (χ1n) is 7.63. The predicted octanol–water partition coefficient (Wildman–Crippen LogP) is 1.33. The van der Waals surface area contributed by atoms with Crippen molar-refractivity contribution in [2.75, 3.05) is 27.2 Å². The third-order valence-corrected chi connectivity index (χ3v) is 4.18. The van der Waals surface area contributed by atoms with Crippen molar-refractivity contribution in [3.8, 4) is 0 Å². The van der Waals surface area contributed by atoms with Crippen LogP contribution in [0.25, 0.3) is 0 Å². The average Bonchev–Trinajstić information content (AvgIpc) is 2.76. The second-order valence-electron chi connectivity index (χ2n) is 6.35. The summed E-state index contributed by atoms with van der Waals surface area (Å²) in [7, 11) is 3.27. The number of nitrogens with zero attached hydrogens (tertiary/aromatic N) is 3. The molecule has 0 spiro atoms. The molecule has 0 N–H and O–H groups in total. The van der Waals surface area contributed by atoms with Crippen LogP contribution in [0.15, 0.2) is 23.6 Å². The Kier molecular flexibility index (Phi) is 4.49. The smallest absolute Gasteiger partial charge is 0.333 e. The molecule has 2 rings (SSSR count). The number of amides is 4. The van der Waals surface area contributed by atoms with Crippen molar-refractivity contribution in [1.29, 1.82) is 0 Å². The van der Waals surface area contributed by atoms with Gasteiger partial charge in [0.05, 0.1) is 5.54 Å². The van der Waals surface area contributed by atoms with Crippen molar-refractivity contribution < 1.29 is 19.1 Å². The molecule has 2 fully saturated rings. The number of imide groups is 2. The SMILES string of the molecule is CCCN1C(=O)/C(=C/C=C2/OCC(C)(C)N2C)C(=O)N(C)C1=O. The van der Waals surface area contributed by atoms with E-state index in [1.54, 1.807) is 6.08 Å². The number of urea groups is 1. The second kappa shape index (κ2) is 6.06. The van der Waals surface area contributed by atoms with Crippen LogP contribution >= 0.6 is 0 Å². The maximum absolute atomic E-state index is 12.4. The van der Waals surface area contributed by atoms with E-state index >= 15 is 0 Å². The van der Waals surface area contributed by atoms with Gasteiger partial charge < -0.3 is 9.64 Å². The molecule has 2 aliphatic heterocycles. The minimum absolute atomic E-state index is 0.0326. The summed E-state index contributed by atoms with van der Waals surface area (Å²) in [5.41, 5.74) is -0.180. The van der Waals surface area contributed by atoms with E-state index in [2.05, 4.69) is 0 Å². The Hall–Kier alpha value is -2.31. The first kappa shape index (κ1) is 17.1. The quantitative estimate of drug-likeness (QED) is 0.579. The average molecular weight is 321 g/mol. The van der Waals surface area contributed by atoms with E-state index in [1.165, 1.54) is 13.1 Å². The van der Waals surface area contributed by atoms with Crippen molar-refractivity contribution in [2.24, 2.45) is 0 Å². The van der Waals surface area contributed by atoms with Gasteiger partial charge in [0, 0.05) is 20.6 Å². The number of barbiturate groups is 1. The molecule has 23 heavy (non-hydrogen) atoms. The number of hydrogen-bond donors (Lipinski definition) is 0. The molecule has 2 heterocycles. The summed E-state index contributed by atoms with van der Waals surface area (Å²) in [6.07, 6.45) is 3.67. The topological polar surface area (TPSA) is 70.2 Å². The minimum Gasteiger partial charge on any atom is -0.477 e. The van der Waals surface area contributed by atoms with Crippen LogP contribution in [0.2, 0.25) is 0 Å². The van der Waals surface area contributed by atoms with Gasteiger partial charge in [0.2, 0.25) is 0 Å². The summed E-state index contributed by atoms with van der Waals surface area (Å²) in [5.74, 6) is -0.564. The minimum atomic E-state index is -0.593. The summed E-state index contributed by atoms with van der Waals surface area (Å²) < 4.78 is 5.59. The fraction of sp³-hybridized carbons (Fsp3) is 0.562. The van der Waals surface area contributed by atoms with E-state index in [1.807, 2.05) is 32.7 Å². The highest BCUT2D eigenvalue weighted by atomic mass is 16.5. The highest BCUT2D eigenvalue weighted by Gasteiger charge is 2.39. The lowest BCUT2D eigenvalue weighted by molar-refractivity contribution is -0.135. The Morgan fingerprint density at radius 2 is 1.78 bits per heavy atom. The van der Waals surface area contributed by atoms with Gasteiger partial charge >= 0.3 is 6.03 Å². The number of hydrogen-bond acceptors (Lipinski definition) is 5. The predicted molar refractivity (Wildman–Crippen MR) is 84.1 cm³/mol. The van der Waals surface area contributed by atoms with Crippen LogP contribution in [-0.4, -0.2) is 65.3 Å². The summed E-state index contributed by atoms with van der Waals surface area (Å²) in [5, 5.41) is 0. The van der Waals surface area contributed by atoms with Crippen molar-refractivity contribution in [3.05, 3.63) is 23.6 Å². The van der Waals surface area contributed by atoms with Crippen molar-refractivity contribution >= 4 is 17.8 Å². The van der Waals surface area contributed by atoms with Crippen molar-refractivity contribution in [1.82, 2.24) is 14.7 Å². The zero-order valence-corrected chi connectivity index (χ0v) is 14.3. The van der Waals surface area contributed by atoms with E-state index in [0.717, 1.165) is 9.80 Å². The number of likely N-dealkylation sites (N-methyl/N-ethyl adjacent to an activating group) is 2. The van der Waals surface area contributed by atoms with Crippen LogP contribution in [0.5, 0.6) is 0 Å². The Morgan fingerprint density at radius 1 is 1.13 bits per heavy atom. The van der Waals surface area contributed by atoms with Crippen LogP contribution in [0.4, 0.5) is 4.79 Å². The van der Waals surface area contributed by atoms with Gasteiger partial charge in [0.15, 0.2) is 5.88 Å². The van der Waals surface area contributed by atoms with Crippen LogP contribution in [0.1, 0.15) is 27.2 Å². The molecule has 0 aromatic carbocycles. The fourth-order valence-corrected chi connectivity index (χ4v) is 2.39. The van der Waals surface area contributed by atoms with Crippen molar-refractivity contribution in [3.63, 3.8) is 0 Å². The molecule has 2 aliphatic rings.